The first-order valence-electron chi connectivity index (χ1n) is 5.10. The normalized spacial score (nSPS) is 54.5. The average Bonchev–Trinajstić information content (AvgIpc) is 2.64. The summed E-state index contributed by atoms with van der Waals surface area (Å²) in [5, 5.41) is 0. The van der Waals surface area contributed by atoms with E-state index < -0.39 is 0 Å². The van der Waals surface area contributed by atoms with Gasteiger partial charge in [0.1, 0.15) is 0 Å². The lowest BCUT2D eigenvalue weighted by Gasteiger charge is -2.31. The Balaban J connectivity index is 1.84. The van der Waals surface area contributed by atoms with Gasteiger partial charge in [-0.1, -0.05) is 12.8 Å². The van der Waals surface area contributed by atoms with Gasteiger partial charge in [0.15, 0.2) is 0 Å². The lowest BCUT2D eigenvalue weighted by Crippen LogP contribution is -2.29. The highest BCUT2D eigenvalue weighted by atomic mass is 16.5. The summed E-state index contributed by atoms with van der Waals surface area (Å²) in [4.78, 5) is 0. The Morgan fingerprint density at radius 1 is 0.727 bits per heavy atom. The quantitative estimate of drug-likeness (QED) is 0.517. The second-order valence-corrected chi connectivity index (χ2v) is 4.40. The fraction of sp³-hybridized carbons (Fsp3) is 1.00. The molecule has 62 valence electrons. The van der Waals surface area contributed by atoms with E-state index in [2.05, 4.69) is 0 Å². The molecule has 3 rings (SSSR count). The first-order valence-corrected chi connectivity index (χ1v) is 5.10. The molecule has 0 aromatic heterocycles. The van der Waals surface area contributed by atoms with Crippen molar-refractivity contribution in [3.8, 4) is 0 Å². The van der Waals surface area contributed by atoms with E-state index in [1.165, 1.54) is 38.5 Å². The first-order chi connectivity index (χ1) is 5.45. The van der Waals surface area contributed by atoms with Gasteiger partial charge in [-0.15, -0.1) is 0 Å². The third-order valence-electron chi connectivity index (χ3n) is 3.92. The van der Waals surface area contributed by atoms with E-state index in [9.17, 15) is 0 Å². The van der Waals surface area contributed by atoms with Gasteiger partial charge in [0.2, 0.25) is 0 Å². The molecule has 0 N–H and O–H groups in total. The molecule has 1 heteroatoms. The van der Waals surface area contributed by atoms with Gasteiger partial charge in [-0.2, -0.15) is 0 Å². The minimum atomic E-state index is 0.685. The van der Waals surface area contributed by atoms with Crippen molar-refractivity contribution < 1.29 is 4.74 Å². The minimum Gasteiger partial charge on any atom is -0.374 e. The highest BCUT2D eigenvalue weighted by Crippen LogP contribution is 2.49. The fourth-order valence-electron chi connectivity index (χ4n) is 3.43. The largest absolute Gasteiger partial charge is 0.374 e. The van der Waals surface area contributed by atoms with Gasteiger partial charge in [0.05, 0.1) is 12.2 Å². The zero-order valence-electron chi connectivity index (χ0n) is 6.96. The number of ether oxygens (including phenoxy) is 1. The summed E-state index contributed by atoms with van der Waals surface area (Å²) in [6.07, 6.45) is 9.96. The molecule has 2 aliphatic heterocycles. The van der Waals surface area contributed by atoms with Crippen molar-refractivity contribution in [1.29, 1.82) is 0 Å². The van der Waals surface area contributed by atoms with Crippen LogP contribution in [0.3, 0.4) is 0 Å². The summed E-state index contributed by atoms with van der Waals surface area (Å²) < 4.78 is 5.92. The monoisotopic (exact) mass is 152 g/mol. The SMILES string of the molecule is C1CC[C@H]2[C@H](C1)[C@@H]1CC[C@@H]2O1. The molecule has 1 saturated carbocycles. The van der Waals surface area contributed by atoms with Gasteiger partial charge in [0.25, 0.3) is 0 Å². The second-order valence-electron chi connectivity index (χ2n) is 4.40. The van der Waals surface area contributed by atoms with Crippen molar-refractivity contribution in [2.24, 2.45) is 11.8 Å². The molecule has 0 aromatic rings. The molecule has 2 heterocycles. The maximum Gasteiger partial charge on any atom is 0.0611 e. The van der Waals surface area contributed by atoms with Gasteiger partial charge < -0.3 is 4.74 Å². The van der Waals surface area contributed by atoms with Crippen molar-refractivity contribution in [3.63, 3.8) is 0 Å². The van der Waals surface area contributed by atoms with E-state index in [0.29, 0.717) is 12.2 Å². The predicted octanol–water partition coefficient (Wildman–Crippen LogP) is 2.35. The van der Waals surface area contributed by atoms with Crippen LogP contribution in [0.2, 0.25) is 0 Å². The van der Waals surface area contributed by atoms with Crippen LogP contribution in [0.25, 0.3) is 0 Å². The maximum absolute atomic E-state index is 5.92. The molecule has 11 heavy (non-hydrogen) atoms. The summed E-state index contributed by atoms with van der Waals surface area (Å²) in [7, 11) is 0. The summed E-state index contributed by atoms with van der Waals surface area (Å²) >= 11 is 0. The van der Waals surface area contributed by atoms with Crippen LogP contribution in [0.4, 0.5) is 0 Å². The Kier molecular flexibility index (Phi) is 1.31. The molecular formula is C10H16O. The molecule has 0 unspecified atom stereocenters. The number of fused-ring (bicyclic) bond motifs is 5. The highest BCUT2D eigenvalue weighted by Gasteiger charge is 2.48. The molecule has 0 radical (unpaired) electrons. The van der Waals surface area contributed by atoms with E-state index >= 15 is 0 Å². The summed E-state index contributed by atoms with van der Waals surface area (Å²) in [6.45, 7) is 0. The Morgan fingerprint density at radius 3 is 1.82 bits per heavy atom. The topological polar surface area (TPSA) is 9.23 Å². The smallest absolute Gasteiger partial charge is 0.0611 e. The van der Waals surface area contributed by atoms with Crippen molar-refractivity contribution >= 4 is 0 Å². The minimum absolute atomic E-state index is 0.685. The molecule has 1 nitrogen and oxygen atoms in total. The molecule has 2 bridgehead atoms. The Morgan fingerprint density at radius 2 is 1.27 bits per heavy atom. The van der Waals surface area contributed by atoms with Crippen LogP contribution < -0.4 is 0 Å². The Hall–Kier alpha value is -0.0400. The number of hydrogen-bond donors (Lipinski definition) is 0. The fourth-order valence-corrected chi connectivity index (χ4v) is 3.43. The Labute approximate surface area is 68.1 Å². The summed E-state index contributed by atoms with van der Waals surface area (Å²) in [5.41, 5.74) is 0. The van der Waals surface area contributed by atoms with Gasteiger partial charge in [-0.05, 0) is 37.5 Å². The van der Waals surface area contributed by atoms with Crippen molar-refractivity contribution in [2.45, 2.75) is 50.7 Å². The van der Waals surface area contributed by atoms with Crippen LogP contribution in [0.15, 0.2) is 0 Å². The number of hydrogen-bond acceptors (Lipinski definition) is 1. The van der Waals surface area contributed by atoms with E-state index in [-0.39, 0.29) is 0 Å². The molecule has 3 aliphatic rings. The van der Waals surface area contributed by atoms with Crippen LogP contribution >= 0.6 is 0 Å². The Bertz CT molecular complexity index is 148. The lowest BCUT2D eigenvalue weighted by atomic mass is 9.71. The second kappa shape index (κ2) is 2.22. The molecule has 0 spiro atoms. The molecule has 4 atom stereocenters. The van der Waals surface area contributed by atoms with Gasteiger partial charge >= 0.3 is 0 Å². The van der Waals surface area contributed by atoms with Gasteiger partial charge in [-0.3, -0.25) is 0 Å². The van der Waals surface area contributed by atoms with Crippen molar-refractivity contribution in [3.05, 3.63) is 0 Å². The van der Waals surface area contributed by atoms with Crippen molar-refractivity contribution in [2.75, 3.05) is 0 Å². The molecular weight excluding hydrogens is 136 g/mol. The van der Waals surface area contributed by atoms with E-state index in [4.69, 9.17) is 4.74 Å². The van der Waals surface area contributed by atoms with E-state index in [1.54, 1.807) is 0 Å². The van der Waals surface area contributed by atoms with Gasteiger partial charge in [0, 0.05) is 0 Å². The summed E-state index contributed by atoms with van der Waals surface area (Å²) in [6, 6.07) is 0. The lowest BCUT2D eigenvalue weighted by molar-refractivity contribution is 0.0876. The maximum atomic E-state index is 5.92. The number of rotatable bonds is 0. The van der Waals surface area contributed by atoms with Crippen LogP contribution in [-0.4, -0.2) is 12.2 Å². The van der Waals surface area contributed by atoms with Crippen LogP contribution in [0.5, 0.6) is 0 Å². The molecule has 1 aliphatic carbocycles. The van der Waals surface area contributed by atoms with Crippen LogP contribution in [0.1, 0.15) is 38.5 Å². The first kappa shape index (κ1) is 6.47. The molecule has 2 saturated heterocycles. The average molecular weight is 152 g/mol. The van der Waals surface area contributed by atoms with E-state index in [0.717, 1.165) is 11.8 Å². The molecule has 3 fully saturated rings. The van der Waals surface area contributed by atoms with Crippen LogP contribution in [0, 0.1) is 11.8 Å². The zero-order valence-corrected chi connectivity index (χ0v) is 6.96. The standard InChI is InChI=1S/C10H16O/c1-2-4-8-7(3-1)9-5-6-10(8)11-9/h7-10H,1-6H2/t7-,8-,9-,10-/m0/s1. The van der Waals surface area contributed by atoms with Gasteiger partial charge in [-0.25, -0.2) is 0 Å². The van der Waals surface area contributed by atoms with E-state index in [1.807, 2.05) is 0 Å². The summed E-state index contributed by atoms with van der Waals surface area (Å²) in [5.74, 6) is 1.95. The van der Waals surface area contributed by atoms with Crippen molar-refractivity contribution in [1.82, 2.24) is 0 Å². The zero-order chi connectivity index (χ0) is 7.26. The van der Waals surface area contributed by atoms with Crippen LogP contribution in [-0.2, 0) is 4.74 Å². The third-order valence-corrected chi connectivity index (χ3v) is 3.92. The highest BCUT2D eigenvalue weighted by molar-refractivity contribution is 4.97. The molecule has 0 aromatic carbocycles. The molecule has 0 amide bonds. The third kappa shape index (κ3) is 0.807. The predicted molar refractivity (Wildman–Crippen MR) is 43.3 cm³/mol.